The Kier molecular flexibility index (Phi) is 5.93. The van der Waals surface area contributed by atoms with Gasteiger partial charge in [0.05, 0.1) is 18.5 Å². The number of carbonyl (C=O) groups is 2. The molecule has 2 aromatic carbocycles. The van der Waals surface area contributed by atoms with Crippen LogP contribution in [0.15, 0.2) is 83.6 Å². The smallest absolute Gasteiger partial charge is 0.251 e. The van der Waals surface area contributed by atoms with Gasteiger partial charge < -0.3 is 15.1 Å². The number of aryl methyl sites for hydroxylation is 1. The maximum atomic E-state index is 12.5. The van der Waals surface area contributed by atoms with Gasteiger partial charge in [-0.2, -0.15) is 5.10 Å². The maximum absolute atomic E-state index is 12.5. The molecule has 2 heterocycles. The summed E-state index contributed by atoms with van der Waals surface area (Å²) in [5.41, 5.74) is 3.83. The molecule has 156 valence electrons. The largest absolute Gasteiger partial charge is 0.467 e. The second-order valence-electron chi connectivity index (χ2n) is 7.08. The molecule has 2 N–H and O–H groups in total. The van der Waals surface area contributed by atoms with Crippen molar-refractivity contribution in [2.45, 2.75) is 20.0 Å². The van der Waals surface area contributed by atoms with Crippen molar-refractivity contribution in [3.05, 3.63) is 107 Å². The molecule has 7 heteroatoms. The van der Waals surface area contributed by atoms with E-state index in [-0.39, 0.29) is 11.8 Å². The van der Waals surface area contributed by atoms with E-state index in [1.54, 1.807) is 54.9 Å². The van der Waals surface area contributed by atoms with E-state index >= 15 is 0 Å². The molecule has 31 heavy (non-hydrogen) atoms. The van der Waals surface area contributed by atoms with Crippen molar-refractivity contribution in [1.29, 1.82) is 0 Å². The summed E-state index contributed by atoms with van der Waals surface area (Å²) in [6, 6.07) is 19.9. The Morgan fingerprint density at radius 2 is 1.68 bits per heavy atom. The van der Waals surface area contributed by atoms with E-state index in [0.717, 1.165) is 16.9 Å². The number of furan rings is 1. The Bertz CT molecular complexity index is 1180. The lowest BCUT2D eigenvalue weighted by Gasteiger charge is -2.09. The Balaban J connectivity index is 1.34. The normalized spacial score (nSPS) is 10.6. The summed E-state index contributed by atoms with van der Waals surface area (Å²) in [7, 11) is 0. The minimum atomic E-state index is -0.200. The minimum absolute atomic E-state index is 0.184. The highest BCUT2D eigenvalue weighted by molar-refractivity contribution is 5.95. The Labute approximate surface area is 179 Å². The lowest BCUT2D eigenvalue weighted by molar-refractivity contribution is 0.0943. The molecule has 4 aromatic rings. The molecule has 0 saturated heterocycles. The van der Waals surface area contributed by atoms with Crippen LogP contribution in [0.25, 0.3) is 5.69 Å². The van der Waals surface area contributed by atoms with E-state index in [0.29, 0.717) is 30.0 Å². The van der Waals surface area contributed by atoms with Gasteiger partial charge in [0.1, 0.15) is 5.76 Å². The molecule has 0 atom stereocenters. The molecular weight excluding hydrogens is 392 g/mol. The van der Waals surface area contributed by atoms with Crippen LogP contribution >= 0.6 is 0 Å². The molecule has 7 nitrogen and oxygen atoms in total. The van der Waals surface area contributed by atoms with Crippen LogP contribution in [0.3, 0.4) is 0 Å². The van der Waals surface area contributed by atoms with Gasteiger partial charge in [0.2, 0.25) is 0 Å². The number of hydrogen-bond donors (Lipinski definition) is 2. The van der Waals surface area contributed by atoms with Gasteiger partial charge in [0, 0.05) is 29.6 Å². The summed E-state index contributed by atoms with van der Waals surface area (Å²) < 4.78 is 7.03. The second kappa shape index (κ2) is 9.13. The Morgan fingerprint density at radius 3 is 2.39 bits per heavy atom. The van der Waals surface area contributed by atoms with E-state index in [4.69, 9.17) is 4.42 Å². The fourth-order valence-electron chi connectivity index (χ4n) is 3.18. The zero-order valence-corrected chi connectivity index (χ0v) is 17.0. The van der Waals surface area contributed by atoms with E-state index in [1.807, 2.05) is 35.9 Å². The zero-order valence-electron chi connectivity index (χ0n) is 17.0. The van der Waals surface area contributed by atoms with Crippen molar-refractivity contribution in [2.75, 3.05) is 0 Å². The van der Waals surface area contributed by atoms with Gasteiger partial charge in [-0.25, -0.2) is 4.68 Å². The first-order valence-electron chi connectivity index (χ1n) is 9.89. The molecule has 0 spiro atoms. The molecule has 0 aliphatic rings. The number of hydrogen-bond acceptors (Lipinski definition) is 4. The lowest BCUT2D eigenvalue weighted by atomic mass is 10.1. The van der Waals surface area contributed by atoms with Gasteiger partial charge in [-0.1, -0.05) is 12.1 Å². The van der Waals surface area contributed by atoms with Gasteiger partial charge >= 0.3 is 0 Å². The average molecular weight is 414 g/mol. The van der Waals surface area contributed by atoms with Gasteiger partial charge in [-0.3, -0.25) is 9.59 Å². The first-order valence-corrected chi connectivity index (χ1v) is 9.89. The standard InChI is InChI=1S/C24H22N4O3/c1-17-11-12-27-28(17)21-9-7-19(8-10-21)23(29)25-15-18-4-2-5-20(14-18)24(30)26-16-22-6-3-13-31-22/h2-14H,15-16H2,1H3,(H,25,29)(H,26,30). The molecule has 0 radical (unpaired) electrons. The predicted octanol–water partition coefficient (Wildman–Crippen LogP) is 3.63. The van der Waals surface area contributed by atoms with Crippen LogP contribution in [0.4, 0.5) is 0 Å². The minimum Gasteiger partial charge on any atom is -0.467 e. The molecule has 0 bridgehead atoms. The third-order valence-corrected chi connectivity index (χ3v) is 4.85. The topological polar surface area (TPSA) is 89.2 Å². The summed E-state index contributed by atoms with van der Waals surface area (Å²) in [6.07, 6.45) is 3.30. The third kappa shape index (κ3) is 4.90. The van der Waals surface area contributed by atoms with Crippen LogP contribution in [0.1, 0.15) is 37.7 Å². The summed E-state index contributed by atoms with van der Waals surface area (Å²) in [5.74, 6) is 0.302. The number of carbonyl (C=O) groups excluding carboxylic acids is 2. The van der Waals surface area contributed by atoms with Crippen molar-refractivity contribution in [2.24, 2.45) is 0 Å². The Hall–Kier alpha value is -4.13. The number of amides is 2. The van der Waals surface area contributed by atoms with Gasteiger partial charge in [0.25, 0.3) is 11.8 Å². The van der Waals surface area contributed by atoms with Crippen molar-refractivity contribution in [3.63, 3.8) is 0 Å². The van der Waals surface area contributed by atoms with E-state index < -0.39 is 0 Å². The highest BCUT2D eigenvalue weighted by Gasteiger charge is 2.09. The van der Waals surface area contributed by atoms with E-state index in [2.05, 4.69) is 15.7 Å². The molecule has 0 fully saturated rings. The number of nitrogens with zero attached hydrogens (tertiary/aromatic N) is 2. The highest BCUT2D eigenvalue weighted by Crippen LogP contribution is 2.12. The molecular formula is C24H22N4O3. The number of aromatic nitrogens is 2. The fourth-order valence-corrected chi connectivity index (χ4v) is 3.18. The van der Waals surface area contributed by atoms with Crippen LogP contribution in [0.2, 0.25) is 0 Å². The zero-order chi connectivity index (χ0) is 21.6. The highest BCUT2D eigenvalue weighted by atomic mass is 16.3. The predicted molar refractivity (Wildman–Crippen MR) is 116 cm³/mol. The van der Waals surface area contributed by atoms with Gasteiger partial charge in [0.15, 0.2) is 0 Å². The first-order chi connectivity index (χ1) is 15.1. The maximum Gasteiger partial charge on any atom is 0.251 e. The lowest BCUT2D eigenvalue weighted by Crippen LogP contribution is -2.24. The van der Waals surface area contributed by atoms with Crippen molar-refractivity contribution in [1.82, 2.24) is 20.4 Å². The number of benzene rings is 2. The number of rotatable bonds is 7. The second-order valence-corrected chi connectivity index (χ2v) is 7.08. The SMILES string of the molecule is Cc1ccnn1-c1ccc(C(=O)NCc2cccc(C(=O)NCc3ccco3)c2)cc1. The molecule has 4 rings (SSSR count). The summed E-state index contributed by atoms with van der Waals surface area (Å²) in [6.45, 7) is 2.61. The van der Waals surface area contributed by atoms with Crippen LogP contribution in [0, 0.1) is 6.92 Å². The van der Waals surface area contributed by atoms with Crippen LogP contribution in [-0.2, 0) is 13.1 Å². The van der Waals surface area contributed by atoms with Crippen LogP contribution < -0.4 is 10.6 Å². The molecule has 0 aliphatic heterocycles. The quantitative estimate of drug-likeness (QED) is 0.483. The van der Waals surface area contributed by atoms with Crippen molar-refractivity contribution < 1.29 is 14.0 Å². The third-order valence-electron chi connectivity index (χ3n) is 4.85. The fraction of sp³-hybridized carbons (Fsp3) is 0.125. The van der Waals surface area contributed by atoms with Gasteiger partial charge in [-0.15, -0.1) is 0 Å². The molecule has 2 aromatic heterocycles. The summed E-state index contributed by atoms with van der Waals surface area (Å²) in [5, 5.41) is 9.97. The van der Waals surface area contributed by atoms with Crippen molar-refractivity contribution >= 4 is 11.8 Å². The van der Waals surface area contributed by atoms with Crippen LogP contribution in [-0.4, -0.2) is 21.6 Å². The first kappa shape index (κ1) is 20.2. The number of nitrogens with one attached hydrogen (secondary N) is 2. The molecule has 0 unspecified atom stereocenters. The van der Waals surface area contributed by atoms with Crippen LogP contribution in [0.5, 0.6) is 0 Å². The molecule has 0 aliphatic carbocycles. The van der Waals surface area contributed by atoms with Gasteiger partial charge in [-0.05, 0) is 67.1 Å². The van der Waals surface area contributed by atoms with E-state index in [9.17, 15) is 9.59 Å². The van der Waals surface area contributed by atoms with E-state index in [1.165, 1.54) is 0 Å². The summed E-state index contributed by atoms with van der Waals surface area (Å²) >= 11 is 0. The summed E-state index contributed by atoms with van der Waals surface area (Å²) in [4.78, 5) is 24.9. The molecule has 0 saturated carbocycles. The van der Waals surface area contributed by atoms with Crippen molar-refractivity contribution in [3.8, 4) is 5.69 Å². The monoisotopic (exact) mass is 414 g/mol. The average Bonchev–Trinajstić information content (AvgIpc) is 3.48. The Morgan fingerprint density at radius 1 is 0.903 bits per heavy atom. The molecule has 2 amide bonds.